The van der Waals surface area contributed by atoms with Crippen molar-refractivity contribution in [1.82, 2.24) is 0 Å². The largest absolute Gasteiger partial charge is 0.348 e. The van der Waals surface area contributed by atoms with Crippen molar-refractivity contribution in [3.63, 3.8) is 0 Å². The summed E-state index contributed by atoms with van der Waals surface area (Å²) in [6.07, 6.45) is 0.999. The Bertz CT molecular complexity index is 342. The van der Waals surface area contributed by atoms with Gasteiger partial charge in [-0.15, -0.1) is 0 Å². The number of hydrogen-bond acceptors (Lipinski definition) is 8. The standard InChI is InChI=1S/C18H38N2O6/c1-5-21-15-16(22-6-2)26-18(24-8-4,12-10-14-20)17(25-15,23-7-3)11-9-13-19/h15-16H,5-14,19-20H2,1-4H3. The van der Waals surface area contributed by atoms with E-state index in [1.54, 1.807) is 0 Å². The van der Waals surface area contributed by atoms with Crippen LogP contribution in [0.15, 0.2) is 0 Å². The number of ether oxygens (including phenoxy) is 6. The molecule has 4 unspecified atom stereocenters. The summed E-state index contributed by atoms with van der Waals surface area (Å²) >= 11 is 0. The van der Waals surface area contributed by atoms with Crippen LogP contribution in [0.4, 0.5) is 0 Å². The third-order valence-electron chi connectivity index (χ3n) is 4.25. The van der Waals surface area contributed by atoms with E-state index >= 15 is 0 Å². The zero-order chi connectivity index (χ0) is 19.5. The summed E-state index contributed by atoms with van der Waals surface area (Å²) in [7, 11) is 0. The van der Waals surface area contributed by atoms with Crippen LogP contribution in [0.1, 0.15) is 53.4 Å². The Hall–Kier alpha value is -0.320. The van der Waals surface area contributed by atoms with Gasteiger partial charge in [0.2, 0.25) is 24.2 Å². The smallest absolute Gasteiger partial charge is 0.226 e. The summed E-state index contributed by atoms with van der Waals surface area (Å²) in [6, 6.07) is 0. The summed E-state index contributed by atoms with van der Waals surface area (Å²) < 4.78 is 36.5. The van der Waals surface area contributed by atoms with Crippen LogP contribution in [0.3, 0.4) is 0 Å². The molecular weight excluding hydrogens is 340 g/mol. The Balaban J connectivity index is 3.31. The molecule has 156 valence electrons. The number of nitrogens with two attached hydrogens (primary N) is 2. The van der Waals surface area contributed by atoms with Gasteiger partial charge in [0.1, 0.15) is 0 Å². The minimum Gasteiger partial charge on any atom is -0.348 e. The first-order valence-corrected chi connectivity index (χ1v) is 9.85. The Morgan fingerprint density at radius 1 is 0.692 bits per heavy atom. The minimum atomic E-state index is -1.14. The van der Waals surface area contributed by atoms with Gasteiger partial charge in [-0.2, -0.15) is 0 Å². The molecule has 0 aromatic heterocycles. The van der Waals surface area contributed by atoms with Gasteiger partial charge >= 0.3 is 0 Å². The normalized spacial score (nSPS) is 32.1. The third kappa shape index (κ3) is 5.59. The van der Waals surface area contributed by atoms with Crippen molar-refractivity contribution < 1.29 is 28.4 Å². The van der Waals surface area contributed by atoms with E-state index in [2.05, 4.69) is 0 Å². The molecule has 26 heavy (non-hydrogen) atoms. The predicted octanol–water partition coefficient (Wildman–Crippen LogP) is 1.70. The van der Waals surface area contributed by atoms with E-state index in [1.807, 2.05) is 27.7 Å². The van der Waals surface area contributed by atoms with E-state index in [1.165, 1.54) is 0 Å². The van der Waals surface area contributed by atoms with E-state index in [4.69, 9.17) is 39.9 Å². The zero-order valence-electron chi connectivity index (χ0n) is 16.8. The van der Waals surface area contributed by atoms with Gasteiger partial charge in [-0.05, 0) is 53.6 Å². The van der Waals surface area contributed by atoms with Crippen molar-refractivity contribution in [2.24, 2.45) is 11.5 Å². The molecule has 0 aliphatic carbocycles. The Kier molecular flexibility index (Phi) is 11.1. The van der Waals surface area contributed by atoms with E-state index in [9.17, 15) is 0 Å². The molecule has 0 radical (unpaired) electrons. The predicted molar refractivity (Wildman–Crippen MR) is 98.3 cm³/mol. The fourth-order valence-electron chi connectivity index (χ4n) is 3.29. The van der Waals surface area contributed by atoms with Gasteiger partial charge in [0.15, 0.2) is 0 Å². The van der Waals surface area contributed by atoms with Crippen LogP contribution in [0.5, 0.6) is 0 Å². The maximum atomic E-state index is 6.37. The molecule has 4 N–H and O–H groups in total. The van der Waals surface area contributed by atoms with Crippen molar-refractivity contribution in [1.29, 1.82) is 0 Å². The average Bonchev–Trinajstić information content (AvgIpc) is 2.63. The average molecular weight is 379 g/mol. The second-order valence-corrected chi connectivity index (χ2v) is 6.04. The first-order valence-electron chi connectivity index (χ1n) is 9.85. The Morgan fingerprint density at radius 3 is 1.35 bits per heavy atom. The third-order valence-corrected chi connectivity index (χ3v) is 4.25. The Morgan fingerprint density at radius 2 is 1.08 bits per heavy atom. The summed E-state index contributed by atoms with van der Waals surface area (Å²) in [5.74, 6) is -2.28. The first kappa shape index (κ1) is 23.7. The van der Waals surface area contributed by atoms with E-state index < -0.39 is 24.2 Å². The van der Waals surface area contributed by atoms with Crippen LogP contribution >= 0.6 is 0 Å². The highest BCUT2D eigenvalue weighted by Gasteiger charge is 2.62. The van der Waals surface area contributed by atoms with Crippen LogP contribution in [0, 0.1) is 0 Å². The maximum Gasteiger partial charge on any atom is 0.226 e. The topological polar surface area (TPSA) is 107 Å². The van der Waals surface area contributed by atoms with Gasteiger partial charge in [0.25, 0.3) is 0 Å². The molecule has 0 bridgehead atoms. The second-order valence-electron chi connectivity index (χ2n) is 6.04. The molecular formula is C18H38N2O6. The van der Waals surface area contributed by atoms with E-state index in [-0.39, 0.29) is 0 Å². The minimum absolute atomic E-state index is 0.434. The highest BCUT2D eigenvalue weighted by atomic mass is 16.9. The lowest BCUT2D eigenvalue weighted by molar-refractivity contribution is -0.519. The molecule has 1 saturated heterocycles. The number of hydrogen-bond donors (Lipinski definition) is 2. The van der Waals surface area contributed by atoms with Gasteiger partial charge in [-0.3, -0.25) is 0 Å². The highest BCUT2D eigenvalue weighted by molar-refractivity contribution is 4.94. The fourth-order valence-corrected chi connectivity index (χ4v) is 3.29. The molecule has 0 spiro atoms. The van der Waals surface area contributed by atoms with Gasteiger partial charge in [0, 0.05) is 39.3 Å². The lowest BCUT2D eigenvalue weighted by Crippen LogP contribution is -2.69. The highest BCUT2D eigenvalue weighted by Crippen LogP contribution is 2.46. The Labute approximate surface area is 157 Å². The summed E-state index contributed by atoms with van der Waals surface area (Å²) in [5, 5.41) is 0. The molecule has 4 atom stereocenters. The van der Waals surface area contributed by atoms with Crippen LogP contribution < -0.4 is 11.5 Å². The molecule has 0 aromatic carbocycles. The SMILES string of the molecule is CCOC1OC(CCCN)(OCC)C(CCCN)(OCC)OC1OCC. The summed E-state index contributed by atoms with van der Waals surface area (Å²) in [6.45, 7) is 10.4. The molecule has 1 aliphatic heterocycles. The van der Waals surface area contributed by atoms with Crippen molar-refractivity contribution in [3.05, 3.63) is 0 Å². The first-order chi connectivity index (χ1) is 12.6. The monoisotopic (exact) mass is 378 g/mol. The number of rotatable bonds is 14. The van der Waals surface area contributed by atoms with Crippen molar-refractivity contribution in [2.75, 3.05) is 39.5 Å². The van der Waals surface area contributed by atoms with Crippen LogP contribution in [0.25, 0.3) is 0 Å². The van der Waals surface area contributed by atoms with Crippen molar-refractivity contribution in [2.45, 2.75) is 77.5 Å². The van der Waals surface area contributed by atoms with Crippen molar-refractivity contribution >= 4 is 0 Å². The maximum absolute atomic E-state index is 6.37. The van der Waals surface area contributed by atoms with Gasteiger partial charge in [-0.1, -0.05) is 0 Å². The lowest BCUT2D eigenvalue weighted by Gasteiger charge is -2.55. The molecule has 0 aromatic rings. The van der Waals surface area contributed by atoms with Crippen molar-refractivity contribution in [3.8, 4) is 0 Å². The molecule has 0 saturated carbocycles. The molecule has 1 fully saturated rings. The molecule has 1 heterocycles. The van der Waals surface area contributed by atoms with Crippen LogP contribution in [0.2, 0.25) is 0 Å². The quantitative estimate of drug-likeness (QED) is 0.470. The molecule has 8 heteroatoms. The summed E-state index contributed by atoms with van der Waals surface area (Å²) in [4.78, 5) is 0. The van der Waals surface area contributed by atoms with Gasteiger partial charge in [-0.25, -0.2) is 0 Å². The second kappa shape index (κ2) is 12.2. The molecule has 0 amide bonds. The molecule has 1 rings (SSSR count). The van der Waals surface area contributed by atoms with E-state index in [0.717, 1.165) is 0 Å². The molecule has 1 aliphatic rings. The van der Waals surface area contributed by atoms with E-state index in [0.29, 0.717) is 65.2 Å². The van der Waals surface area contributed by atoms with Crippen LogP contribution in [-0.4, -0.2) is 63.7 Å². The zero-order valence-corrected chi connectivity index (χ0v) is 16.8. The fraction of sp³-hybridized carbons (Fsp3) is 1.00. The molecule has 8 nitrogen and oxygen atoms in total. The van der Waals surface area contributed by atoms with Gasteiger partial charge < -0.3 is 39.9 Å². The van der Waals surface area contributed by atoms with Gasteiger partial charge in [0.05, 0.1) is 0 Å². The lowest BCUT2D eigenvalue weighted by atomic mass is 9.93. The summed E-state index contributed by atoms with van der Waals surface area (Å²) in [5.41, 5.74) is 11.5. The van der Waals surface area contributed by atoms with Crippen LogP contribution in [-0.2, 0) is 28.4 Å².